The first-order valence-corrected chi connectivity index (χ1v) is 29.8. The SMILES string of the molecule is CC(C)OCCN(CCOP(=O)(O)OCCN(CCOP(=O)(O)OCN(CCO)C(=O)CCCO[C@@H]1OC(CO)[C@H](O)[C@H](O)C1C)C(=O)CCCO[C@@H]1OC(CO)[C@H](O)[C@H](O)C1C)C(=O)CCCO[C@@H]1OC(CO)[C@H](O)[C@H](O)C1C. The van der Waals surface area contributed by atoms with Gasteiger partial charge in [-0.1, -0.05) is 20.8 Å². The molecule has 3 aliphatic rings. The van der Waals surface area contributed by atoms with Crippen LogP contribution >= 0.6 is 15.6 Å². The van der Waals surface area contributed by atoms with E-state index >= 15 is 0 Å². The Morgan fingerprint density at radius 3 is 1.09 bits per heavy atom. The van der Waals surface area contributed by atoms with Gasteiger partial charge in [-0.05, 0) is 33.1 Å². The zero-order valence-corrected chi connectivity index (χ0v) is 47.9. The Bertz CT molecular complexity index is 1880. The fourth-order valence-electron chi connectivity index (χ4n) is 8.49. The Balaban J connectivity index is 1.56. The molecule has 80 heavy (non-hydrogen) atoms. The summed E-state index contributed by atoms with van der Waals surface area (Å²) in [6.45, 7) is 2.22. The number of amides is 3. The van der Waals surface area contributed by atoms with Crippen molar-refractivity contribution in [3.8, 4) is 0 Å². The van der Waals surface area contributed by atoms with E-state index in [0.29, 0.717) is 0 Å². The minimum Gasteiger partial charge on any atom is -0.395 e. The van der Waals surface area contributed by atoms with Gasteiger partial charge in [0.25, 0.3) is 0 Å². The number of aliphatic hydroxyl groups is 10. The monoisotopic (exact) mass is 1210 g/mol. The number of carbonyl (C=O) groups excluding carboxylic acids is 3. The van der Waals surface area contributed by atoms with Gasteiger partial charge in [-0.25, -0.2) is 9.13 Å². The lowest BCUT2D eigenvalue weighted by Crippen LogP contribution is -2.55. The summed E-state index contributed by atoms with van der Waals surface area (Å²) in [5.41, 5.74) is 0. The largest absolute Gasteiger partial charge is 0.473 e. The Hall–Kier alpha value is -2.05. The smallest absolute Gasteiger partial charge is 0.395 e. The second-order valence-electron chi connectivity index (χ2n) is 19.9. The zero-order valence-electron chi connectivity index (χ0n) is 46.1. The number of nitrogens with zero attached hydrogens (tertiary/aromatic N) is 3. The maximum absolute atomic E-state index is 13.6. The van der Waals surface area contributed by atoms with Crippen LogP contribution in [0.2, 0.25) is 0 Å². The van der Waals surface area contributed by atoms with Crippen LogP contribution in [0.15, 0.2) is 0 Å². The van der Waals surface area contributed by atoms with Crippen molar-refractivity contribution < 1.29 is 136 Å². The first kappa shape index (κ1) is 72.2. The number of aliphatic hydroxyl groups excluding tert-OH is 10. The summed E-state index contributed by atoms with van der Waals surface area (Å²) in [6.07, 6.45) is -14.3. The van der Waals surface area contributed by atoms with E-state index in [-0.39, 0.29) is 96.6 Å². The van der Waals surface area contributed by atoms with E-state index in [9.17, 15) is 84.4 Å². The highest BCUT2D eigenvalue weighted by atomic mass is 31.2. The second kappa shape index (κ2) is 36.7. The molecule has 3 aliphatic heterocycles. The van der Waals surface area contributed by atoms with E-state index in [2.05, 4.69) is 0 Å². The molecule has 3 saturated heterocycles. The van der Waals surface area contributed by atoms with Crippen molar-refractivity contribution in [3.05, 3.63) is 0 Å². The van der Waals surface area contributed by atoms with Gasteiger partial charge in [-0.3, -0.25) is 32.5 Å². The van der Waals surface area contributed by atoms with Gasteiger partial charge in [0, 0.05) is 69.7 Å². The van der Waals surface area contributed by atoms with Gasteiger partial charge in [0.2, 0.25) is 17.7 Å². The van der Waals surface area contributed by atoms with Crippen LogP contribution in [-0.4, -0.2) is 285 Å². The van der Waals surface area contributed by atoms with Crippen molar-refractivity contribution in [2.45, 2.75) is 153 Å². The number of rotatable bonds is 39. The minimum atomic E-state index is -4.97. The summed E-state index contributed by atoms with van der Waals surface area (Å²) in [5.74, 6) is -3.65. The van der Waals surface area contributed by atoms with Crippen molar-refractivity contribution in [2.75, 3.05) is 112 Å². The van der Waals surface area contributed by atoms with Crippen LogP contribution in [0.25, 0.3) is 0 Å². The standard InChI is InChI=1S/C47H89N3O28P2/c1-29(2)68-21-13-48(36(55)9-6-18-69-45-30(3)39(58)42(61)33(25-52)76-45)14-22-72-79(64,65)73-23-15-49(37(56)10-7-19-70-46-31(4)40(59)43(62)34(26-53)77-46)16-24-74-80(66,67)75-28-50(12-17-51)38(57)11-8-20-71-47-32(5)41(60)44(63)35(27-54)78-47/h29-35,39-47,51-54,58-63H,6-28H2,1-5H3,(H,64,65)(H,66,67)/t30?,31?,32?,33?,34?,35?,39-,40-,41-,42+,43+,44+,45-,46-,47-/m1/s1. The molecule has 0 saturated carbocycles. The van der Waals surface area contributed by atoms with Crippen molar-refractivity contribution in [3.63, 3.8) is 0 Å². The normalized spacial score (nSPS) is 30.6. The highest BCUT2D eigenvalue weighted by molar-refractivity contribution is 7.47. The van der Waals surface area contributed by atoms with E-state index in [0.717, 1.165) is 9.80 Å². The van der Waals surface area contributed by atoms with E-state index in [1.54, 1.807) is 34.6 Å². The average Bonchev–Trinajstić information content (AvgIpc) is 3.47. The van der Waals surface area contributed by atoms with Crippen molar-refractivity contribution in [2.24, 2.45) is 17.8 Å². The van der Waals surface area contributed by atoms with E-state index in [4.69, 9.17) is 51.3 Å². The van der Waals surface area contributed by atoms with Crippen molar-refractivity contribution in [1.29, 1.82) is 0 Å². The number of phosphoric ester groups is 2. The molecule has 3 amide bonds. The van der Waals surface area contributed by atoms with Crippen LogP contribution in [0.5, 0.6) is 0 Å². The third kappa shape index (κ3) is 24.1. The quantitative estimate of drug-likeness (QED) is 0.0163. The van der Waals surface area contributed by atoms with Gasteiger partial charge >= 0.3 is 15.6 Å². The first-order chi connectivity index (χ1) is 37.8. The molecule has 0 aliphatic carbocycles. The van der Waals surface area contributed by atoms with Gasteiger partial charge in [0.1, 0.15) is 43.4 Å². The molecule has 3 rings (SSSR count). The maximum Gasteiger partial charge on any atom is 0.473 e. The Morgan fingerprint density at radius 2 is 0.775 bits per heavy atom. The Labute approximate surface area is 465 Å². The molecule has 0 bridgehead atoms. The summed E-state index contributed by atoms with van der Waals surface area (Å²) in [4.78, 5) is 64.4. The topological polar surface area (TPSA) is 439 Å². The molecule has 3 fully saturated rings. The molecule has 0 aromatic carbocycles. The second-order valence-corrected chi connectivity index (χ2v) is 22.8. The predicted molar refractivity (Wildman–Crippen MR) is 273 cm³/mol. The molecule has 31 nitrogen and oxygen atoms in total. The van der Waals surface area contributed by atoms with Gasteiger partial charge in [-0.15, -0.1) is 0 Å². The zero-order chi connectivity index (χ0) is 59.7. The third-order valence-electron chi connectivity index (χ3n) is 13.5. The molecule has 0 aromatic heterocycles. The van der Waals surface area contributed by atoms with Gasteiger partial charge < -0.3 is 109 Å². The Kier molecular flexibility index (Phi) is 33.1. The fourth-order valence-corrected chi connectivity index (χ4v) is 9.87. The molecule has 12 N–H and O–H groups in total. The lowest BCUT2D eigenvalue weighted by atomic mass is 9.92. The molecular weight excluding hydrogens is 1120 g/mol. The van der Waals surface area contributed by atoms with Gasteiger partial charge in [0.05, 0.1) is 97.1 Å². The molecule has 470 valence electrons. The Morgan fingerprint density at radius 1 is 0.463 bits per heavy atom. The summed E-state index contributed by atoms with van der Waals surface area (Å²) in [6, 6.07) is 0. The molecule has 0 radical (unpaired) electrons. The predicted octanol–water partition coefficient (Wildman–Crippen LogP) is -3.27. The highest BCUT2D eigenvalue weighted by Crippen LogP contribution is 2.44. The lowest BCUT2D eigenvalue weighted by Gasteiger charge is -2.40. The molecule has 17 atom stereocenters. The summed E-state index contributed by atoms with van der Waals surface area (Å²) >= 11 is 0. The molecule has 33 heteroatoms. The summed E-state index contributed by atoms with van der Waals surface area (Å²) in [5, 5.41) is 99.4. The van der Waals surface area contributed by atoms with E-state index < -0.39 is 185 Å². The summed E-state index contributed by atoms with van der Waals surface area (Å²) in [7, 11) is -9.83. The lowest BCUT2D eigenvalue weighted by molar-refractivity contribution is -0.282. The average molecular weight is 1210 g/mol. The maximum atomic E-state index is 13.6. The van der Waals surface area contributed by atoms with Crippen molar-refractivity contribution >= 4 is 33.4 Å². The number of hydrogen-bond acceptors (Lipinski definition) is 26. The fraction of sp³-hybridized carbons (Fsp3) is 0.936. The molecule has 0 spiro atoms. The first-order valence-electron chi connectivity index (χ1n) is 26.8. The van der Waals surface area contributed by atoms with Crippen molar-refractivity contribution in [1.82, 2.24) is 14.7 Å². The van der Waals surface area contributed by atoms with Crippen LogP contribution in [0.1, 0.15) is 73.1 Å². The van der Waals surface area contributed by atoms with Gasteiger partial charge in [0.15, 0.2) is 18.9 Å². The van der Waals surface area contributed by atoms with Crippen LogP contribution in [0, 0.1) is 17.8 Å². The number of ether oxygens (including phenoxy) is 7. The van der Waals surface area contributed by atoms with Crippen LogP contribution in [-0.2, 0) is 74.8 Å². The number of hydrogen-bond donors (Lipinski definition) is 12. The number of carbonyl (C=O) groups is 3. The molecule has 0 aromatic rings. The molecule has 8 unspecified atom stereocenters. The highest BCUT2D eigenvalue weighted by Gasteiger charge is 2.45. The minimum absolute atomic E-state index is 0.0113. The van der Waals surface area contributed by atoms with E-state index in [1.807, 2.05) is 0 Å². The van der Waals surface area contributed by atoms with Crippen LogP contribution in [0.4, 0.5) is 0 Å². The molecule has 3 heterocycles. The van der Waals surface area contributed by atoms with Crippen LogP contribution < -0.4 is 0 Å². The third-order valence-corrected chi connectivity index (χ3v) is 15.4. The summed E-state index contributed by atoms with van der Waals surface area (Å²) < 4.78 is 85.8. The van der Waals surface area contributed by atoms with Crippen LogP contribution in [0.3, 0.4) is 0 Å². The number of phosphoric acid groups is 2. The van der Waals surface area contributed by atoms with Gasteiger partial charge in [-0.2, -0.15) is 0 Å². The molecular formula is C47H89N3O28P2. The van der Waals surface area contributed by atoms with E-state index in [1.165, 1.54) is 4.90 Å².